The van der Waals surface area contributed by atoms with Gasteiger partial charge in [0, 0.05) is 18.6 Å². The van der Waals surface area contributed by atoms with Gasteiger partial charge in [0.25, 0.3) is 0 Å². The predicted molar refractivity (Wildman–Crippen MR) is 65.0 cm³/mol. The fraction of sp³-hybridized carbons (Fsp3) is 0.923. The number of piperidine rings is 1. The van der Waals surface area contributed by atoms with Crippen molar-refractivity contribution in [2.24, 2.45) is 11.1 Å². The lowest BCUT2D eigenvalue weighted by atomic mass is 9.82. The first-order valence-corrected chi connectivity index (χ1v) is 6.62. The molecule has 1 saturated carbocycles. The number of rotatable bonds is 1. The van der Waals surface area contributed by atoms with E-state index in [1.807, 2.05) is 0 Å². The van der Waals surface area contributed by atoms with Crippen molar-refractivity contribution >= 4 is 5.91 Å². The molecule has 0 aromatic heterocycles. The molecule has 0 spiro atoms. The van der Waals surface area contributed by atoms with Crippen LogP contribution in [-0.2, 0) is 4.79 Å². The summed E-state index contributed by atoms with van der Waals surface area (Å²) in [5, 5.41) is 0. The smallest absolute Gasteiger partial charge is 0.230 e. The van der Waals surface area contributed by atoms with E-state index >= 15 is 0 Å². The summed E-state index contributed by atoms with van der Waals surface area (Å²) in [5.41, 5.74) is 5.83. The number of amides is 1. The van der Waals surface area contributed by atoms with Crippen LogP contribution in [0.3, 0.4) is 0 Å². The van der Waals surface area contributed by atoms with E-state index in [2.05, 4.69) is 18.7 Å². The van der Waals surface area contributed by atoms with Crippen LogP contribution in [0.5, 0.6) is 0 Å². The molecule has 0 bridgehead atoms. The topological polar surface area (TPSA) is 46.3 Å². The number of hydrogen-bond donors (Lipinski definition) is 1. The molecule has 3 atom stereocenters. The van der Waals surface area contributed by atoms with E-state index in [-0.39, 0.29) is 11.5 Å². The molecule has 2 fully saturated rings. The second-order valence-electron chi connectivity index (χ2n) is 5.76. The predicted octanol–water partition coefficient (Wildman–Crippen LogP) is 1.90. The first-order valence-electron chi connectivity index (χ1n) is 6.62. The van der Waals surface area contributed by atoms with E-state index in [4.69, 9.17) is 5.73 Å². The first-order chi connectivity index (χ1) is 7.55. The maximum Gasteiger partial charge on any atom is 0.230 e. The third-order valence-corrected chi connectivity index (χ3v) is 4.58. The molecule has 3 heteroatoms. The largest absolute Gasteiger partial charge is 0.339 e. The van der Waals surface area contributed by atoms with Crippen LogP contribution in [0.15, 0.2) is 0 Å². The normalized spacial score (nSPS) is 40.1. The lowest BCUT2D eigenvalue weighted by Crippen LogP contribution is -2.53. The summed E-state index contributed by atoms with van der Waals surface area (Å²) in [6, 6.07) is 0.472. The van der Waals surface area contributed by atoms with Crippen LogP contribution >= 0.6 is 0 Å². The second kappa shape index (κ2) is 4.36. The zero-order valence-electron chi connectivity index (χ0n) is 10.5. The highest BCUT2D eigenvalue weighted by molar-refractivity contribution is 5.84. The van der Waals surface area contributed by atoms with Crippen LogP contribution in [0.1, 0.15) is 52.4 Å². The summed E-state index contributed by atoms with van der Waals surface area (Å²) < 4.78 is 0. The molecule has 1 amide bonds. The molecular formula is C13H24N2O. The molecule has 2 N–H and O–H groups in total. The molecule has 1 saturated heterocycles. The van der Waals surface area contributed by atoms with Gasteiger partial charge in [-0.3, -0.25) is 4.79 Å². The van der Waals surface area contributed by atoms with Crippen LogP contribution in [-0.4, -0.2) is 29.4 Å². The van der Waals surface area contributed by atoms with E-state index in [1.54, 1.807) is 0 Å². The van der Waals surface area contributed by atoms with Gasteiger partial charge in [-0.15, -0.1) is 0 Å². The van der Waals surface area contributed by atoms with E-state index in [9.17, 15) is 4.79 Å². The summed E-state index contributed by atoms with van der Waals surface area (Å²) >= 11 is 0. The summed E-state index contributed by atoms with van der Waals surface area (Å²) in [7, 11) is 0. The van der Waals surface area contributed by atoms with E-state index in [1.165, 1.54) is 6.42 Å². The quantitative estimate of drug-likeness (QED) is 0.739. The van der Waals surface area contributed by atoms with Gasteiger partial charge in [-0.2, -0.15) is 0 Å². The van der Waals surface area contributed by atoms with E-state index in [0.717, 1.165) is 38.6 Å². The summed E-state index contributed by atoms with van der Waals surface area (Å²) in [5.74, 6) is 0.310. The molecule has 3 unspecified atom stereocenters. The fourth-order valence-electron chi connectivity index (χ4n) is 3.19. The summed E-state index contributed by atoms with van der Waals surface area (Å²) in [4.78, 5) is 14.7. The Balaban J connectivity index is 2.11. The van der Waals surface area contributed by atoms with Gasteiger partial charge in [0.1, 0.15) is 0 Å². The molecule has 0 aromatic rings. The lowest BCUT2D eigenvalue weighted by molar-refractivity contribution is -0.145. The van der Waals surface area contributed by atoms with Crippen molar-refractivity contribution < 1.29 is 4.79 Å². The van der Waals surface area contributed by atoms with Crippen molar-refractivity contribution in [2.75, 3.05) is 6.54 Å². The maximum absolute atomic E-state index is 12.6. The zero-order chi connectivity index (χ0) is 11.8. The Morgan fingerprint density at radius 3 is 2.62 bits per heavy atom. The number of nitrogens with zero attached hydrogens (tertiary/aromatic N) is 1. The molecule has 0 radical (unpaired) electrons. The Bertz CT molecular complexity index is 279. The minimum Gasteiger partial charge on any atom is -0.339 e. The zero-order valence-corrected chi connectivity index (χ0v) is 10.5. The van der Waals surface area contributed by atoms with Gasteiger partial charge in [-0.05, 0) is 46.0 Å². The molecule has 3 nitrogen and oxygen atoms in total. The van der Waals surface area contributed by atoms with Crippen molar-refractivity contribution in [1.82, 2.24) is 4.90 Å². The van der Waals surface area contributed by atoms with Gasteiger partial charge in [-0.25, -0.2) is 0 Å². The Labute approximate surface area is 98.4 Å². The van der Waals surface area contributed by atoms with Crippen LogP contribution < -0.4 is 5.73 Å². The average Bonchev–Trinajstić information content (AvgIpc) is 2.60. The number of carbonyl (C=O) groups excluding carboxylic acids is 1. The fourth-order valence-corrected chi connectivity index (χ4v) is 3.19. The Kier molecular flexibility index (Phi) is 3.24. The molecule has 1 aliphatic heterocycles. The molecule has 16 heavy (non-hydrogen) atoms. The SMILES string of the molecule is CC1CCCCN1C(=O)C1(C)CCCC1N. The van der Waals surface area contributed by atoms with Crippen LogP contribution in [0.2, 0.25) is 0 Å². The molecule has 92 valence electrons. The number of carbonyl (C=O) groups is 1. The average molecular weight is 224 g/mol. The molecule has 2 rings (SSSR count). The third-order valence-electron chi connectivity index (χ3n) is 4.58. The third kappa shape index (κ3) is 1.86. The van der Waals surface area contributed by atoms with E-state index in [0.29, 0.717) is 11.9 Å². The Morgan fingerprint density at radius 1 is 1.31 bits per heavy atom. The number of nitrogens with two attached hydrogens (primary N) is 1. The highest BCUT2D eigenvalue weighted by atomic mass is 16.2. The Morgan fingerprint density at radius 2 is 2.06 bits per heavy atom. The van der Waals surface area contributed by atoms with Gasteiger partial charge in [0.15, 0.2) is 0 Å². The van der Waals surface area contributed by atoms with Gasteiger partial charge < -0.3 is 10.6 Å². The van der Waals surface area contributed by atoms with Gasteiger partial charge in [0.2, 0.25) is 5.91 Å². The van der Waals surface area contributed by atoms with Gasteiger partial charge >= 0.3 is 0 Å². The van der Waals surface area contributed by atoms with Gasteiger partial charge in [0.05, 0.1) is 5.41 Å². The number of likely N-dealkylation sites (tertiary alicyclic amines) is 1. The minimum atomic E-state index is -0.286. The van der Waals surface area contributed by atoms with Gasteiger partial charge in [-0.1, -0.05) is 6.42 Å². The molecule has 1 aliphatic carbocycles. The first kappa shape index (κ1) is 11.9. The van der Waals surface area contributed by atoms with Crippen LogP contribution in [0, 0.1) is 5.41 Å². The van der Waals surface area contributed by atoms with Crippen LogP contribution in [0.25, 0.3) is 0 Å². The van der Waals surface area contributed by atoms with Crippen molar-refractivity contribution in [2.45, 2.75) is 64.5 Å². The second-order valence-corrected chi connectivity index (χ2v) is 5.76. The molecule has 0 aromatic carbocycles. The molecule has 2 aliphatic rings. The summed E-state index contributed by atoms with van der Waals surface area (Å²) in [6.07, 6.45) is 6.64. The highest BCUT2D eigenvalue weighted by Gasteiger charge is 2.46. The standard InChI is InChI=1S/C13H24N2O/c1-10-6-3-4-9-15(10)12(16)13(2)8-5-7-11(13)14/h10-11H,3-9,14H2,1-2H3. The molecular weight excluding hydrogens is 200 g/mol. The van der Waals surface area contributed by atoms with Crippen LogP contribution in [0.4, 0.5) is 0 Å². The number of hydrogen-bond acceptors (Lipinski definition) is 2. The highest BCUT2D eigenvalue weighted by Crippen LogP contribution is 2.39. The van der Waals surface area contributed by atoms with E-state index < -0.39 is 0 Å². The van der Waals surface area contributed by atoms with Crippen molar-refractivity contribution in [3.8, 4) is 0 Å². The lowest BCUT2D eigenvalue weighted by Gasteiger charge is -2.40. The van der Waals surface area contributed by atoms with Crippen molar-refractivity contribution in [3.05, 3.63) is 0 Å². The maximum atomic E-state index is 12.6. The van der Waals surface area contributed by atoms with Crippen molar-refractivity contribution in [3.63, 3.8) is 0 Å². The van der Waals surface area contributed by atoms with Crippen molar-refractivity contribution in [1.29, 1.82) is 0 Å². The summed E-state index contributed by atoms with van der Waals surface area (Å²) in [6.45, 7) is 5.16. The Hall–Kier alpha value is -0.570. The monoisotopic (exact) mass is 224 g/mol. The molecule has 1 heterocycles. The minimum absolute atomic E-state index is 0.0640.